The molecule has 0 amide bonds. The molecular weight excluding hydrogens is 252 g/mol. The molecule has 0 spiro atoms. The van der Waals surface area contributed by atoms with Crippen LogP contribution in [-0.4, -0.2) is 5.11 Å². The van der Waals surface area contributed by atoms with Gasteiger partial charge in [0.15, 0.2) is 0 Å². The summed E-state index contributed by atoms with van der Waals surface area (Å²) < 4.78 is 0. The molecule has 2 atom stereocenters. The molecule has 0 radical (unpaired) electrons. The number of rotatable bonds is 2. The highest BCUT2D eigenvalue weighted by atomic mass is 32.1. The van der Waals surface area contributed by atoms with Crippen LogP contribution >= 0.6 is 11.3 Å². The molecule has 2 heteroatoms. The van der Waals surface area contributed by atoms with Crippen molar-refractivity contribution < 1.29 is 5.11 Å². The molecule has 3 rings (SSSR count). The normalized spacial score (nSPS) is 20.1. The third-order valence-electron chi connectivity index (χ3n) is 4.19. The van der Waals surface area contributed by atoms with Crippen LogP contribution in [0.15, 0.2) is 30.3 Å². The molecule has 1 aromatic carbocycles. The summed E-state index contributed by atoms with van der Waals surface area (Å²) in [6.45, 7) is 4.23. The molecule has 1 N–H and O–H groups in total. The van der Waals surface area contributed by atoms with Crippen molar-refractivity contribution >= 4 is 11.3 Å². The Morgan fingerprint density at radius 2 is 2.05 bits per heavy atom. The van der Waals surface area contributed by atoms with Gasteiger partial charge >= 0.3 is 0 Å². The van der Waals surface area contributed by atoms with E-state index in [1.54, 1.807) is 11.3 Å². The van der Waals surface area contributed by atoms with Crippen molar-refractivity contribution in [3.05, 3.63) is 56.8 Å². The van der Waals surface area contributed by atoms with Gasteiger partial charge in [-0.25, -0.2) is 0 Å². The van der Waals surface area contributed by atoms with E-state index in [2.05, 4.69) is 44.2 Å². The van der Waals surface area contributed by atoms with Crippen LogP contribution in [0.3, 0.4) is 0 Å². The Kier molecular flexibility index (Phi) is 3.46. The van der Waals surface area contributed by atoms with E-state index < -0.39 is 0 Å². The molecule has 0 bridgehead atoms. The van der Waals surface area contributed by atoms with Crippen LogP contribution in [0.4, 0.5) is 0 Å². The number of benzene rings is 1. The number of aliphatic hydroxyl groups is 1. The third-order valence-corrected chi connectivity index (χ3v) is 5.18. The van der Waals surface area contributed by atoms with E-state index in [-0.39, 0.29) is 12.0 Å². The predicted molar refractivity (Wildman–Crippen MR) is 80.9 cm³/mol. The van der Waals surface area contributed by atoms with E-state index in [1.807, 2.05) is 0 Å². The Bertz CT molecular complexity index is 585. The quantitative estimate of drug-likeness (QED) is 0.852. The molecule has 0 saturated heterocycles. The Hall–Kier alpha value is -1.12. The van der Waals surface area contributed by atoms with Crippen LogP contribution in [-0.2, 0) is 6.42 Å². The maximum Gasteiger partial charge on any atom is 0.0869 e. The van der Waals surface area contributed by atoms with Crippen molar-refractivity contribution in [3.8, 4) is 0 Å². The fraction of sp³-hybridized carbons (Fsp3) is 0.412. The molecule has 2 aromatic rings. The van der Waals surface area contributed by atoms with E-state index in [1.165, 1.54) is 27.3 Å². The van der Waals surface area contributed by atoms with Gasteiger partial charge in [-0.05, 0) is 55.9 Å². The van der Waals surface area contributed by atoms with E-state index in [4.69, 9.17) is 0 Å². The Morgan fingerprint density at radius 1 is 1.26 bits per heavy atom. The molecule has 0 fully saturated rings. The van der Waals surface area contributed by atoms with Crippen molar-refractivity contribution in [1.29, 1.82) is 0 Å². The zero-order valence-corrected chi connectivity index (χ0v) is 12.3. The zero-order chi connectivity index (χ0) is 13.4. The fourth-order valence-electron chi connectivity index (χ4n) is 3.28. The van der Waals surface area contributed by atoms with Crippen molar-refractivity contribution in [2.24, 2.45) is 0 Å². The van der Waals surface area contributed by atoms with Crippen molar-refractivity contribution in [2.75, 3.05) is 0 Å². The summed E-state index contributed by atoms with van der Waals surface area (Å²) in [5, 5.41) is 10.8. The second-order valence-corrected chi connectivity index (χ2v) is 6.97. The number of hydrogen-bond acceptors (Lipinski definition) is 2. The maximum absolute atomic E-state index is 10.8. The van der Waals surface area contributed by atoms with Gasteiger partial charge in [0.05, 0.1) is 6.10 Å². The first kappa shape index (κ1) is 12.9. The lowest BCUT2D eigenvalue weighted by atomic mass is 9.78. The topological polar surface area (TPSA) is 20.2 Å². The summed E-state index contributed by atoms with van der Waals surface area (Å²) in [7, 11) is 0. The van der Waals surface area contributed by atoms with Gasteiger partial charge in [0, 0.05) is 15.7 Å². The van der Waals surface area contributed by atoms with Crippen LogP contribution < -0.4 is 0 Å². The highest BCUT2D eigenvalue weighted by molar-refractivity contribution is 7.12. The number of fused-ring (bicyclic) bond motifs is 1. The SMILES string of the molecule is Cc1cc(C(O)C2CCCc3ccccc32)c(C)s1. The minimum absolute atomic E-state index is 0.262. The summed E-state index contributed by atoms with van der Waals surface area (Å²) in [6.07, 6.45) is 3.07. The molecule has 1 aromatic heterocycles. The summed E-state index contributed by atoms with van der Waals surface area (Å²) in [6, 6.07) is 10.8. The van der Waals surface area contributed by atoms with Crippen molar-refractivity contribution in [2.45, 2.75) is 45.1 Å². The molecule has 1 heterocycles. The molecule has 1 aliphatic rings. The van der Waals surface area contributed by atoms with Gasteiger partial charge in [0.25, 0.3) is 0 Å². The van der Waals surface area contributed by atoms with Crippen LogP contribution in [0.1, 0.15) is 51.3 Å². The molecule has 1 nitrogen and oxygen atoms in total. The second kappa shape index (κ2) is 5.10. The highest BCUT2D eigenvalue weighted by Crippen LogP contribution is 2.42. The molecule has 0 aliphatic heterocycles. The van der Waals surface area contributed by atoms with E-state index >= 15 is 0 Å². The minimum atomic E-state index is -0.355. The minimum Gasteiger partial charge on any atom is -0.388 e. The van der Waals surface area contributed by atoms with Gasteiger partial charge in [0.1, 0.15) is 0 Å². The summed E-state index contributed by atoms with van der Waals surface area (Å²) in [5.74, 6) is 0.262. The van der Waals surface area contributed by atoms with E-state index in [0.29, 0.717) is 0 Å². The molecule has 0 saturated carbocycles. The average Bonchev–Trinajstić information content (AvgIpc) is 2.76. The number of aryl methyl sites for hydroxylation is 3. The summed E-state index contributed by atoms with van der Waals surface area (Å²) >= 11 is 1.78. The first-order valence-electron chi connectivity index (χ1n) is 6.99. The first-order chi connectivity index (χ1) is 9.16. The molecule has 19 heavy (non-hydrogen) atoms. The standard InChI is InChI=1S/C17H20OS/c1-11-10-16(12(2)19-11)17(18)15-9-5-7-13-6-3-4-8-14(13)15/h3-4,6,8,10,15,17-18H,5,7,9H2,1-2H3. The van der Waals surface area contributed by atoms with Gasteiger partial charge in [-0.3, -0.25) is 0 Å². The number of thiophene rings is 1. The Morgan fingerprint density at radius 3 is 2.79 bits per heavy atom. The van der Waals surface area contributed by atoms with Crippen LogP contribution in [0.5, 0.6) is 0 Å². The number of aliphatic hydroxyl groups excluding tert-OH is 1. The van der Waals surface area contributed by atoms with Gasteiger partial charge in [-0.1, -0.05) is 24.3 Å². The van der Waals surface area contributed by atoms with Crippen LogP contribution in [0.25, 0.3) is 0 Å². The van der Waals surface area contributed by atoms with Crippen molar-refractivity contribution in [3.63, 3.8) is 0 Å². The first-order valence-corrected chi connectivity index (χ1v) is 7.81. The highest BCUT2D eigenvalue weighted by Gasteiger charge is 2.28. The summed E-state index contributed by atoms with van der Waals surface area (Å²) in [4.78, 5) is 2.55. The van der Waals surface area contributed by atoms with E-state index in [9.17, 15) is 5.11 Å². The molecule has 1 aliphatic carbocycles. The molecular formula is C17H20OS. The largest absolute Gasteiger partial charge is 0.388 e. The van der Waals surface area contributed by atoms with Gasteiger partial charge in [-0.2, -0.15) is 0 Å². The average molecular weight is 272 g/mol. The van der Waals surface area contributed by atoms with Gasteiger partial charge < -0.3 is 5.11 Å². The lowest BCUT2D eigenvalue weighted by molar-refractivity contribution is 0.136. The lowest BCUT2D eigenvalue weighted by Crippen LogP contribution is -2.17. The predicted octanol–water partition coefficient (Wildman–Crippen LogP) is 4.52. The Balaban J connectivity index is 1.97. The summed E-state index contributed by atoms with van der Waals surface area (Å²) in [5.41, 5.74) is 3.90. The van der Waals surface area contributed by atoms with Crippen LogP contribution in [0.2, 0.25) is 0 Å². The number of hydrogen-bond donors (Lipinski definition) is 1. The lowest BCUT2D eigenvalue weighted by Gasteiger charge is -2.29. The molecule has 2 unspecified atom stereocenters. The zero-order valence-electron chi connectivity index (χ0n) is 11.5. The maximum atomic E-state index is 10.8. The Labute approximate surface area is 118 Å². The van der Waals surface area contributed by atoms with Gasteiger partial charge in [-0.15, -0.1) is 11.3 Å². The van der Waals surface area contributed by atoms with Gasteiger partial charge in [0.2, 0.25) is 0 Å². The van der Waals surface area contributed by atoms with E-state index in [0.717, 1.165) is 18.4 Å². The third kappa shape index (κ3) is 2.35. The monoisotopic (exact) mass is 272 g/mol. The smallest absolute Gasteiger partial charge is 0.0869 e. The van der Waals surface area contributed by atoms with Crippen molar-refractivity contribution in [1.82, 2.24) is 0 Å². The molecule has 100 valence electrons. The van der Waals surface area contributed by atoms with Crippen LogP contribution in [0, 0.1) is 13.8 Å². The second-order valence-electron chi connectivity index (χ2n) is 5.51. The fourth-order valence-corrected chi connectivity index (χ4v) is 4.25.